The highest BCUT2D eigenvalue weighted by atomic mass is 127. The van der Waals surface area contributed by atoms with Crippen molar-refractivity contribution in [1.29, 1.82) is 0 Å². The quantitative estimate of drug-likeness (QED) is 0.401. The van der Waals surface area contributed by atoms with E-state index in [9.17, 15) is 0 Å². The van der Waals surface area contributed by atoms with Gasteiger partial charge >= 0.3 is 0 Å². The summed E-state index contributed by atoms with van der Waals surface area (Å²) in [5, 5.41) is 5.00. The van der Waals surface area contributed by atoms with Crippen LogP contribution in [0.25, 0.3) is 10.6 Å². The Hall–Kier alpha value is -0.860. The van der Waals surface area contributed by atoms with Gasteiger partial charge in [0.1, 0.15) is 5.01 Å². The molecule has 7 heteroatoms. The zero-order chi connectivity index (χ0) is 15.4. The molecule has 0 amide bonds. The van der Waals surface area contributed by atoms with Gasteiger partial charge in [0.05, 0.1) is 6.54 Å². The fourth-order valence-electron chi connectivity index (χ4n) is 2.59. The molecule has 1 aliphatic rings. The molecular formula is C16H20ClIN4S. The molecule has 124 valence electrons. The lowest BCUT2D eigenvalue weighted by Gasteiger charge is -2.11. The second-order valence-electron chi connectivity index (χ2n) is 5.47. The van der Waals surface area contributed by atoms with Crippen LogP contribution in [-0.4, -0.2) is 17.0 Å². The first-order valence-corrected chi connectivity index (χ1v) is 8.67. The number of nitrogens with zero attached hydrogens (tertiary/aromatic N) is 2. The smallest absolute Gasteiger partial charge is 0.189 e. The van der Waals surface area contributed by atoms with Crippen molar-refractivity contribution in [1.82, 2.24) is 10.3 Å². The van der Waals surface area contributed by atoms with Crippen LogP contribution in [0, 0.1) is 0 Å². The Morgan fingerprint density at radius 1 is 1.30 bits per heavy atom. The highest BCUT2D eigenvalue weighted by molar-refractivity contribution is 14.0. The number of nitrogens with one attached hydrogen (secondary N) is 1. The molecule has 3 rings (SSSR count). The van der Waals surface area contributed by atoms with E-state index in [0.717, 1.165) is 20.5 Å². The van der Waals surface area contributed by atoms with Crippen molar-refractivity contribution in [3.8, 4) is 10.6 Å². The maximum Gasteiger partial charge on any atom is 0.189 e. The largest absolute Gasteiger partial charge is 0.370 e. The van der Waals surface area contributed by atoms with Gasteiger partial charge in [0.15, 0.2) is 5.96 Å². The van der Waals surface area contributed by atoms with E-state index in [1.165, 1.54) is 25.7 Å². The van der Waals surface area contributed by atoms with E-state index >= 15 is 0 Å². The lowest BCUT2D eigenvalue weighted by molar-refractivity contribution is 0.625. The molecule has 3 N–H and O–H groups in total. The van der Waals surface area contributed by atoms with Gasteiger partial charge in [0.25, 0.3) is 0 Å². The summed E-state index contributed by atoms with van der Waals surface area (Å²) < 4.78 is 0. The van der Waals surface area contributed by atoms with Crippen LogP contribution in [0.4, 0.5) is 0 Å². The third-order valence-corrected chi connectivity index (χ3v) is 5.04. The minimum Gasteiger partial charge on any atom is -0.370 e. The van der Waals surface area contributed by atoms with Crippen molar-refractivity contribution in [2.75, 3.05) is 0 Å². The number of aromatic nitrogens is 1. The molecular weight excluding hydrogens is 443 g/mol. The lowest BCUT2D eigenvalue weighted by Crippen LogP contribution is -2.38. The maximum absolute atomic E-state index is 5.94. The molecule has 1 aromatic heterocycles. The zero-order valence-corrected chi connectivity index (χ0v) is 16.6. The van der Waals surface area contributed by atoms with Gasteiger partial charge in [0, 0.05) is 27.7 Å². The number of hydrogen-bond acceptors (Lipinski definition) is 3. The van der Waals surface area contributed by atoms with Gasteiger partial charge in [0.2, 0.25) is 0 Å². The van der Waals surface area contributed by atoms with Crippen LogP contribution < -0.4 is 11.1 Å². The predicted molar refractivity (Wildman–Crippen MR) is 109 cm³/mol. The molecule has 1 aromatic carbocycles. The van der Waals surface area contributed by atoms with Crippen molar-refractivity contribution in [3.05, 3.63) is 40.4 Å². The van der Waals surface area contributed by atoms with Gasteiger partial charge < -0.3 is 11.1 Å². The molecule has 1 heterocycles. The predicted octanol–water partition coefficient (Wildman–Crippen LogP) is 4.43. The number of benzene rings is 1. The topological polar surface area (TPSA) is 63.3 Å². The summed E-state index contributed by atoms with van der Waals surface area (Å²) in [6.07, 6.45) is 6.81. The average molecular weight is 463 g/mol. The highest BCUT2D eigenvalue weighted by Gasteiger charge is 2.14. The number of guanidine groups is 1. The minimum atomic E-state index is 0. The van der Waals surface area contributed by atoms with E-state index in [1.807, 2.05) is 30.5 Å². The summed E-state index contributed by atoms with van der Waals surface area (Å²) in [5.41, 5.74) is 7.02. The minimum absolute atomic E-state index is 0. The van der Waals surface area contributed by atoms with E-state index in [0.29, 0.717) is 18.5 Å². The molecule has 1 fully saturated rings. The highest BCUT2D eigenvalue weighted by Crippen LogP contribution is 2.26. The molecule has 0 atom stereocenters. The van der Waals surface area contributed by atoms with Gasteiger partial charge in [-0.1, -0.05) is 36.6 Å². The van der Waals surface area contributed by atoms with Crippen molar-refractivity contribution < 1.29 is 0 Å². The van der Waals surface area contributed by atoms with E-state index in [-0.39, 0.29) is 24.0 Å². The van der Waals surface area contributed by atoms with Gasteiger partial charge in [-0.25, -0.2) is 9.98 Å². The summed E-state index contributed by atoms with van der Waals surface area (Å²) >= 11 is 7.54. The number of thiazole rings is 1. The first-order valence-electron chi connectivity index (χ1n) is 7.48. The first-order chi connectivity index (χ1) is 10.7. The second kappa shape index (κ2) is 8.84. The van der Waals surface area contributed by atoms with Crippen LogP contribution in [0.2, 0.25) is 5.02 Å². The summed E-state index contributed by atoms with van der Waals surface area (Å²) in [7, 11) is 0. The Balaban J connectivity index is 0.00000192. The number of nitrogens with two attached hydrogens (primary N) is 1. The second-order valence-corrected chi connectivity index (χ2v) is 7.02. The van der Waals surface area contributed by atoms with Crippen LogP contribution in [0.15, 0.2) is 35.5 Å². The van der Waals surface area contributed by atoms with Crippen molar-refractivity contribution >= 4 is 52.9 Å². The fourth-order valence-corrected chi connectivity index (χ4v) is 3.56. The zero-order valence-electron chi connectivity index (χ0n) is 12.7. The van der Waals surface area contributed by atoms with Crippen LogP contribution in [0.3, 0.4) is 0 Å². The van der Waals surface area contributed by atoms with E-state index in [2.05, 4.69) is 15.3 Å². The SMILES string of the molecule is I.NC(=NCc1cnc(-c2ccc(Cl)cc2)s1)NC1CCCC1. The van der Waals surface area contributed by atoms with Gasteiger partial charge in [-0.15, -0.1) is 35.3 Å². The van der Waals surface area contributed by atoms with Gasteiger partial charge in [-0.3, -0.25) is 0 Å². The molecule has 4 nitrogen and oxygen atoms in total. The molecule has 0 bridgehead atoms. The Kier molecular flexibility index (Phi) is 7.10. The standard InChI is InChI=1S/C16H19ClN4S.HI/c17-12-7-5-11(6-8-12)15-19-9-14(22-15)10-20-16(18)21-13-3-1-2-4-13;/h5-9,13H,1-4,10H2,(H3,18,20,21);1H. The normalized spacial score (nSPS) is 15.4. The molecule has 0 saturated heterocycles. The summed E-state index contributed by atoms with van der Waals surface area (Å²) in [6, 6.07) is 8.20. The van der Waals surface area contributed by atoms with E-state index in [4.69, 9.17) is 17.3 Å². The first kappa shape index (κ1) is 18.5. The van der Waals surface area contributed by atoms with Crippen molar-refractivity contribution in [2.45, 2.75) is 38.3 Å². The Labute approximate surface area is 162 Å². The van der Waals surface area contributed by atoms with Crippen LogP contribution >= 0.6 is 46.9 Å². The average Bonchev–Trinajstić information content (AvgIpc) is 3.17. The summed E-state index contributed by atoms with van der Waals surface area (Å²) in [4.78, 5) is 9.95. The van der Waals surface area contributed by atoms with E-state index < -0.39 is 0 Å². The Morgan fingerprint density at radius 3 is 2.70 bits per heavy atom. The van der Waals surface area contributed by atoms with E-state index in [1.54, 1.807) is 11.3 Å². The van der Waals surface area contributed by atoms with Gasteiger partial charge in [-0.2, -0.15) is 0 Å². The molecule has 23 heavy (non-hydrogen) atoms. The third kappa shape index (κ3) is 5.32. The number of rotatable bonds is 4. The van der Waals surface area contributed by atoms with Crippen molar-refractivity contribution in [2.24, 2.45) is 10.7 Å². The molecule has 1 saturated carbocycles. The number of aliphatic imine (C=N–C) groups is 1. The molecule has 0 spiro atoms. The third-order valence-electron chi connectivity index (χ3n) is 3.76. The molecule has 0 aliphatic heterocycles. The maximum atomic E-state index is 5.94. The lowest BCUT2D eigenvalue weighted by atomic mass is 10.2. The molecule has 0 radical (unpaired) electrons. The molecule has 2 aromatic rings. The summed E-state index contributed by atoms with van der Waals surface area (Å²) in [6.45, 7) is 0.566. The van der Waals surface area contributed by atoms with Crippen LogP contribution in [-0.2, 0) is 6.54 Å². The summed E-state index contributed by atoms with van der Waals surface area (Å²) in [5.74, 6) is 0.536. The number of halogens is 2. The fraction of sp³-hybridized carbons (Fsp3) is 0.375. The molecule has 1 aliphatic carbocycles. The van der Waals surface area contributed by atoms with Crippen LogP contribution in [0.5, 0.6) is 0 Å². The Bertz CT molecular complexity index is 650. The van der Waals surface area contributed by atoms with Gasteiger partial charge in [-0.05, 0) is 25.0 Å². The Morgan fingerprint density at radius 2 is 2.00 bits per heavy atom. The monoisotopic (exact) mass is 462 g/mol. The number of hydrogen-bond donors (Lipinski definition) is 2. The molecule has 0 unspecified atom stereocenters. The van der Waals surface area contributed by atoms with Crippen molar-refractivity contribution in [3.63, 3.8) is 0 Å². The van der Waals surface area contributed by atoms with Crippen LogP contribution in [0.1, 0.15) is 30.6 Å².